The molecule has 2 aromatic heterocycles. The third kappa shape index (κ3) is 2.23. The van der Waals surface area contributed by atoms with E-state index in [-0.39, 0.29) is 16.6 Å². The van der Waals surface area contributed by atoms with Gasteiger partial charge in [-0.2, -0.15) is 0 Å². The van der Waals surface area contributed by atoms with Crippen molar-refractivity contribution in [1.82, 2.24) is 19.5 Å². The molecule has 21 heavy (non-hydrogen) atoms. The van der Waals surface area contributed by atoms with E-state index in [0.29, 0.717) is 28.2 Å². The summed E-state index contributed by atoms with van der Waals surface area (Å²) in [6.07, 6.45) is 0. The van der Waals surface area contributed by atoms with Gasteiger partial charge in [-0.3, -0.25) is 4.79 Å². The molecule has 0 saturated heterocycles. The molecule has 0 aliphatic rings. The summed E-state index contributed by atoms with van der Waals surface area (Å²) in [6, 6.07) is 6.78. The third-order valence-electron chi connectivity index (χ3n) is 3.12. The number of nitrogens with one attached hydrogen (secondary N) is 1. The van der Waals surface area contributed by atoms with Gasteiger partial charge in [-0.25, -0.2) is 19.3 Å². The molecule has 0 spiro atoms. The molecule has 0 aliphatic carbocycles. The van der Waals surface area contributed by atoms with Crippen LogP contribution in [0.2, 0.25) is 5.15 Å². The van der Waals surface area contributed by atoms with Gasteiger partial charge >= 0.3 is 5.69 Å². The standard InChI is InChI=1S/C14H11ClN4O2/c1-7(20)9-4-3-5-10(6-9)19-13-11(18-14(19)21)12(15)16-8(2)17-13/h3-6H,1-2H3,(H,18,21). The Morgan fingerprint density at radius 3 is 2.81 bits per heavy atom. The monoisotopic (exact) mass is 302 g/mol. The van der Waals surface area contributed by atoms with Gasteiger partial charge in [-0.1, -0.05) is 23.7 Å². The largest absolute Gasteiger partial charge is 0.332 e. The molecule has 0 saturated carbocycles. The van der Waals surface area contributed by atoms with Crippen molar-refractivity contribution in [3.05, 3.63) is 51.3 Å². The maximum atomic E-state index is 12.2. The lowest BCUT2D eigenvalue weighted by atomic mass is 10.1. The lowest BCUT2D eigenvalue weighted by Crippen LogP contribution is -2.15. The van der Waals surface area contributed by atoms with Crippen molar-refractivity contribution in [3.8, 4) is 5.69 Å². The number of hydrogen-bond donors (Lipinski definition) is 1. The van der Waals surface area contributed by atoms with Crippen LogP contribution in [0.3, 0.4) is 0 Å². The van der Waals surface area contributed by atoms with Crippen LogP contribution >= 0.6 is 11.6 Å². The number of aryl methyl sites for hydroxylation is 1. The molecule has 6 nitrogen and oxygen atoms in total. The zero-order valence-corrected chi connectivity index (χ0v) is 12.1. The number of imidazole rings is 1. The van der Waals surface area contributed by atoms with E-state index in [0.717, 1.165) is 0 Å². The summed E-state index contributed by atoms with van der Waals surface area (Å²) >= 11 is 6.03. The second-order valence-electron chi connectivity index (χ2n) is 4.63. The van der Waals surface area contributed by atoms with E-state index in [2.05, 4.69) is 15.0 Å². The fraction of sp³-hybridized carbons (Fsp3) is 0.143. The number of carbonyl (C=O) groups is 1. The Hall–Kier alpha value is -2.47. The van der Waals surface area contributed by atoms with Crippen molar-refractivity contribution in [1.29, 1.82) is 0 Å². The molecular formula is C14H11ClN4O2. The van der Waals surface area contributed by atoms with Crippen molar-refractivity contribution in [3.63, 3.8) is 0 Å². The summed E-state index contributed by atoms with van der Waals surface area (Å²) in [5.41, 5.74) is 1.45. The fourth-order valence-electron chi connectivity index (χ4n) is 2.16. The Morgan fingerprint density at radius 1 is 1.33 bits per heavy atom. The highest BCUT2D eigenvalue weighted by molar-refractivity contribution is 6.33. The van der Waals surface area contributed by atoms with Gasteiger partial charge in [0.25, 0.3) is 0 Å². The molecule has 3 rings (SSSR count). The SMILES string of the molecule is CC(=O)c1cccc(-n2c(=O)[nH]c3c(Cl)nc(C)nc32)c1. The topological polar surface area (TPSA) is 80.6 Å². The Morgan fingerprint density at radius 2 is 2.10 bits per heavy atom. The van der Waals surface area contributed by atoms with Crippen LogP contribution in [0.25, 0.3) is 16.9 Å². The number of hydrogen-bond acceptors (Lipinski definition) is 4. The average Bonchev–Trinajstić information content (AvgIpc) is 2.75. The summed E-state index contributed by atoms with van der Waals surface area (Å²) in [7, 11) is 0. The van der Waals surface area contributed by atoms with Crippen LogP contribution in [-0.2, 0) is 0 Å². The lowest BCUT2D eigenvalue weighted by Gasteiger charge is -2.05. The first kappa shape index (κ1) is 13.5. The summed E-state index contributed by atoms with van der Waals surface area (Å²) in [5, 5.41) is 0.191. The minimum Gasteiger partial charge on any atom is -0.301 e. The molecule has 0 aliphatic heterocycles. The van der Waals surface area contributed by atoms with Crippen molar-refractivity contribution in [2.24, 2.45) is 0 Å². The quantitative estimate of drug-likeness (QED) is 0.581. The van der Waals surface area contributed by atoms with Crippen LogP contribution in [0.15, 0.2) is 29.1 Å². The van der Waals surface area contributed by atoms with E-state index in [1.54, 1.807) is 31.2 Å². The van der Waals surface area contributed by atoms with Gasteiger partial charge in [0.1, 0.15) is 11.3 Å². The number of ketones is 1. The molecule has 0 atom stereocenters. The molecule has 0 amide bonds. The second-order valence-corrected chi connectivity index (χ2v) is 4.99. The van der Waals surface area contributed by atoms with Gasteiger partial charge < -0.3 is 4.98 Å². The number of rotatable bonds is 2. The van der Waals surface area contributed by atoms with E-state index < -0.39 is 0 Å². The van der Waals surface area contributed by atoms with Crippen LogP contribution < -0.4 is 5.69 Å². The summed E-state index contributed by atoms with van der Waals surface area (Å²) in [5.74, 6) is 0.386. The van der Waals surface area contributed by atoms with Gasteiger partial charge in [0.05, 0.1) is 5.69 Å². The Balaban J connectivity index is 2.35. The normalized spacial score (nSPS) is 11.0. The number of nitrogens with zero attached hydrogens (tertiary/aromatic N) is 3. The van der Waals surface area contributed by atoms with E-state index in [9.17, 15) is 9.59 Å². The van der Waals surface area contributed by atoms with Crippen LogP contribution in [-0.4, -0.2) is 25.3 Å². The molecule has 0 radical (unpaired) electrons. The highest BCUT2D eigenvalue weighted by Crippen LogP contribution is 2.20. The minimum absolute atomic E-state index is 0.0754. The number of carbonyl (C=O) groups excluding carboxylic acids is 1. The molecule has 1 N–H and O–H groups in total. The number of H-pyrrole nitrogens is 1. The molecule has 3 aromatic rings. The summed E-state index contributed by atoms with van der Waals surface area (Å²) in [4.78, 5) is 34.6. The fourth-order valence-corrected chi connectivity index (χ4v) is 2.41. The van der Waals surface area contributed by atoms with Gasteiger partial charge in [0, 0.05) is 5.56 Å². The third-order valence-corrected chi connectivity index (χ3v) is 3.39. The van der Waals surface area contributed by atoms with E-state index in [1.807, 2.05) is 0 Å². The first-order valence-electron chi connectivity index (χ1n) is 6.23. The van der Waals surface area contributed by atoms with Crippen LogP contribution in [0, 0.1) is 6.92 Å². The molecule has 0 bridgehead atoms. The van der Waals surface area contributed by atoms with Crippen molar-refractivity contribution in [2.75, 3.05) is 0 Å². The second kappa shape index (κ2) is 4.82. The maximum absolute atomic E-state index is 12.2. The van der Waals surface area contributed by atoms with Crippen LogP contribution in [0.4, 0.5) is 0 Å². The van der Waals surface area contributed by atoms with Gasteiger partial charge in [0.2, 0.25) is 0 Å². The molecular weight excluding hydrogens is 292 g/mol. The predicted molar refractivity (Wildman–Crippen MR) is 79.2 cm³/mol. The molecule has 0 fully saturated rings. The zero-order valence-electron chi connectivity index (χ0n) is 11.3. The number of aromatic amines is 1. The molecule has 7 heteroatoms. The highest BCUT2D eigenvalue weighted by Gasteiger charge is 2.15. The molecule has 2 heterocycles. The summed E-state index contributed by atoms with van der Waals surface area (Å²) in [6.45, 7) is 3.17. The van der Waals surface area contributed by atoms with Crippen LogP contribution in [0.5, 0.6) is 0 Å². The first-order valence-corrected chi connectivity index (χ1v) is 6.61. The highest BCUT2D eigenvalue weighted by atomic mass is 35.5. The summed E-state index contributed by atoms with van der Waals surface area (Å²) < 4.78 is 1.38. The maximum Gasteiger partial charge on any atom is 0.332 e. The Labute approximate surface area is 124 Å². The zero-order chi connectivity index (χ0) is 15.1. The number of benzene rings is 1. The number of Topliss-reactive ketones (excluding diaryl/α,β-unsaturated/α-hetero) is 1. The van der Waals surface area contributed by atoms with E-state index >= 15 is 0 Å². The average molecular weight is 303 g/mol. The van der Waals surface area contributed by atoms with Gasteiger partial charge in [-0.15, -0.1) is 0 Å². The Bertz CT molecular complexity index is 926. The molecule has 106 valence electrons. The van der Waals surface area contributed by atoms with Gasteiger partial charge in [-0.05, 0) is 26.0 Å². The Kier molecular flexibility index (Phi) is 3.10. The van der Waals surface area contributed by atoms with Crippen LogP contribution in [0.1, 0.15) is 23.1 Å². The van der Waals surface area contributed by atoms with E-state index in [4.69, 9.17) is 11.6 Å². The number of fused-ring (bicyclic) bond motifs is 1. The van der Waals surface area contributed by atoms with Crippen molar-refractivity contribution >= 4 is 28.5 Å². The molecule has 0 unspecified atom stereocenters. The first-order chi connectivity index (χ1) is 9.97. The van der Waals surface area contributed by atoms with E-state index in [1.165, 1.54) is 11.5 Å². The molecule has 1 aromatic carbocycles. The van der Waals surface area contributed by atoms with Crippen molar-refractivity contribution < 1.29 is 4.79 Å². The smallest absolute Gasteiger partial charge is 0.301 e. The van der Waals surface area contributed by atoms with Crippen molar-refractivity contribution in [2.45, 2.75) is 13.8 Å². The lowest BCUT2D eigenvalue weighted by molar-refractivity contribution is 0.101. The number of aromatic nitrogens is 4. The predicted octanol–water partition coefficient (Wildman–Crippen LogP) is 2.27. The number of halogens is 1. The van der Waals surface area contributed by atoms with Gasteiger partial charge in [0.15, 0.2) is 16.6 Å². The minimum atomic E-state index is -0.382.